The van der Waals surface area contributed by atoms with Crippen LogP contribution in [0.1, 0.15) is 37.4 Å². The van der Waals surface area contributed by atoms with Crippen LogP contribution in [-0.2, 0) is 9.53 Å². The summed E-state index contributed by atoms with van der Waals surface area (Å²) in [7, 11) is 1.46. The van der Waals surface area contributed by atoms with Crippen LogP contribution in [0.4, 0.5) is 0 Å². The SMILES string of the molecule is COC(=O)C1CCC(CSc2n[nH]c(C3CC3)n2)S1. The second-order valence-electron chi connectivity index (χ2n) is 4.94. The molecule has 5 nitrogen and oxygen atoms in total. The number of carbonyl (C=O) groups is 1. The third kappa shape index (κ3) is 3.25. The van der Waals surface area contributed by atoms with Gasteiger partial charge in [-0.3, -0.25) is 9.89 Å². The Morgan fingerprint density at radius 1 is 1.47 bits per heavy atom. The summed E-state index contributed by atoms with van der Waals surface area (Å²) in [6, 6.07) is 0. The summed E-state index contributed by atoms with van der Waals surface area (Å²) in [5, 5.41) is 8.60. The molecule has 1 N–H and O–H groups in total. The normalized spacial score (nSPS) is 26.6. The molecule has 3 rings (SSSR count). The summed E-state index contributed by atoms with van der Waals surface area (Å²) in [6.45, 7) is 0. The first-order valence-corrected chi connectivity index (χ1v) is 8.47. The van der Waals surface area contributed by atoms with Crippen LogP contribution in [0.3, 0.4) is 0 Å². The van der Waals surface area contributed by atoms with Crippen molar-refractivity contribution in [1.82, 2.24) is 15.2 Å². The predicted octanol–water partition coefficient (Wildman–Crippen LogP) is 2.21. The Bertz CT molecular complexity index is 462. The number of aromatic amines is 1. The molecule has 0 bridgehead atoms. The smallest absolute Gasteiger partial charge is 0.318 e. The van der Waals surface area contributed by atoms with Gasteiger partial charge in [0.2, 0.25) is 5.16 Å². The number of esters is 1. The Labute approximate surface area is 120 Å². The van der Waals surface area contributed by atoms with Crippen LogP contribution >= 0.6 is 23.5 Å². The minimum absolute atomic E-state index is 0.0183. The van der Waals surface area contributed by atoms with Gasteiger partial charge in [0.15, 0.2) is 0 Å². The van der Waals surface area contributed by atoms with Crippen molar-refractivity contribution in [2.45, 2.75) is 47.3 Å². The monoisotopic (exact) mass is 299 g/mol. The number of aromatic nitrogens is 3. The van der Waals surface area contributed by atoms with Crippen LogP contribution in [0.25, 0.3) is 0 Å². The fraction of sp³-hybridized carbons (Fsp3) is 0.750. The summed E-state index contributed by atoms with van der Waals surface area (Å²) in [5.74, 6) is 2.52. The summed E-state index contributed by atoms with van der Waals surface area (Å²) in [5.41, 5.74) is 0. The molecule has 2 fully saturated rings. The van der Waals surface area contributed by atoms with E-state index in [-0.39, 0.29) is 11.2 Å². The first-order chi connectivity index (χ1) is 9.26. The van der Waals surface area contributed by atoms with E-state index in [2.05, 4.69) is 15.2 Å². The second-order valence-corrected chi connectivity index (χ2v) is 7.43. The average Bonchev–Trinajstić information content (AvgIpc) is 3.00. The van der Waals surface area contributed by atoms with Gasteiger partial charge in [0.25, 0.3) is 0 Å². The number of nitrogens with one attached hydrogen (secondary N) is 1. The van der Waals surface area contributed by atoms with Gasteiger partial charge in [-0.2, -0.15) is 0 Å². The molecule has 0 aromatic carbocycles. The molecule has 1 aliphatic heterocycles. The molecule has 1 aromatic heterocycles. The third-order valence-corrected chi connectivity index (χ3v) is 6.18. The number of rotatable bonds is 5. The lowest BCUT2D eigenvalue weighted by atomic mass is 10.2. The van der Waals surface area contributed by atoms with Gasteiger partial charge >= 0.3 is 5.97 Å². The molecule has 2 atom stereocenters. The molecule has 1 aliphatic carbocycles. The molecule has 0 amide bonds. The number of hydrogen-bond donors (Lipinski definition) is 1. The van der Waals surface area contributed by atoms with Crippen molar-refractivity contribution in [3.63, 3.8) is 0 Å². The molecule has 0 radical (unpaired) electrons. The first kappa shape index (κ1) is 13.3. The van der Waals surface area contributed by atoms with Crippen molar-refractivity contribution in [3.8, 4) is 0 Å². The number of H-pyrrole nitrogens is 1. The van der Waals surface area contributed by atoms with Crippen molar-refractivity contribution in [3.05, 3.63) is 5.82 Å². The molecule has 2 heterocycles. The van der Waals surface area contributed by atoms with Crippen molar-refractivity contribution in [2.75, 3.05) is 12.9 Å². The van der Waals surface area contributed by atoms with Crippen molar-refractivity contribution >= 4 is 29.5 Å². The van der Waals surface area contributed by atoms with Gasteiger partial charge in [0.1, 0.15) is 11.1 Å². The summed E-state index contributed by atoms with van der Waals surface area (Å²) in [4.78, 5) is 15.9. The zero-order valence-electron chi connectivity index (χ0n) is 10.8. The van der Waals surface area contributed by atoms with E-state index in [1.54, 1.807) is 23.5 Å². The lowest BCUT2D eigenvalue weighted by molar-refractivity contribution is -0.139. The topological polar surface area (TPSA) is 67.9 Å². The number of methoxy groups -OCH3 is 1. The maximum atomic E-state index is 11.4. The van der Waals surface area contributed by atoms with Crippen LogP contribution in [0.5, 0.6) is 0 Å². The van der Waals surface area contributed by atoms with Gasteiger partial charge in [-0.15, -0.1) is 16.9 Å². The highest BCUT2D eigenvalue weighted by atomic mass is 32.2. The van der Waals surface area contributed by atoms with E-state index in [4.69, 9.17) is 4.74 Å². The quantitative estimate of drug-likeness (QED) is 0.664. The maximum Gasteiger partial charge on any atom is 0.318 e. The van der Waals surface area contributed by atoms with Gasteiger partial charge in [-0.05, 0) is 25.7 Å². The van der Waals surface area contributed by atoms with Gasteiger partial charge in [0.05, 0.1) is 7.11 Å². The van der Waals surface area contributed by atoms with Crippen molar-refractivity contribution in [1.29, 1.82) is 0 Å². The van der Waals surface area contributed by atoms with Crippen LogP contribution in [-0.4, -0.2) is 44.5 Å². The lowest BCUT2D eigenvalue weighted by Crippen LogP contribution is -2.15. The number of thioether (sulfide) groups is 2. The molecule has 1 saturated heterocycles. The minimum Gasteiger partial charge on any atom is -0.468 e. The zero-order valence-corrected chi connectivity index (χ0v) is 12.4. The Hall–Kier alpha value is -0.690. The Balaban J connectivity index is 1.45. The lowest BCUT2D eigenvalue weighted by Gasteiger charge is -2.08. The van der Waals surface area contributed by atoms with E-state index in [1.165, 1.54) is 20.0 Å². The molecule has 0 spiro atoms. The van der Waals surface area contributed by atoms with E-state index < -0.39 is 0 Å². The third-order valence-electron chi connectivity index (χ3n) is 3.42. The Morgan fingerprint density at radius 3 is 3.05 bits per heavy atom. The molecule has 104 valence electrons. The molecule has 1 aromatic rings. The highest BCUT2D eigenvalue weighted by molar-refractivity contribution is 8.04. The predicted molar refractivity (Wildman–Crippen MR) is 75.5 cm³/mol. The zero-order chi connectivity index (χ0) is 13.2. The van der Waals surface area contributed by atoms with Crippen molar-refractivity contribution < 1.29 is 9.53 Å². The van der Waals surface area contributed by atoms with Crippen LogP contribution in [0, 0.1) is 0 Å². The van der Waals surface area contributed by atoms with E-state index in [0.717, 1.165) is 29.6 Å². The largest absolute Gasteiger partial charge is 0.468 e. The van der Waals surface area contributed by atoms with Gasteiger partial charge in [-0.25, -0.2) is 4.98 Å². The number of nitrogens with zero attached hydrogens (tertiary/aromatic N) is 2. The van der Waals surface area contributed by atoms with Gasteiger partial charge in [-0.1, -0.05) is 11.8 Å². The van der Waals surface area contributed by atoms with Gasteiger partial charge < -0.3 is 4.74 Å². The van der Waals surface area contributed by atoms with Crippen LogP contribution in [0.15, 0.2) is 5.16 Å². The van der Waals surface area contributed by atoms with E-state index in [9.17, 15) is 4.79 Å². The number of hydrogen-bond acceptors (Lipinski definition) is 6. The Kier molecular flexibility index (Phi) is 4.02. The highest BCUT2D eigenvalue weighted by Crippen LogP contribution is 2.39. The molecular formula is C12H17N3O2S2. The number of carbonyl (C=O) groups excluding carboxylic acids is 1. The highest BCUT2D eigenvalue weighted by Gasteiger charge is 2.32. The van der Waals surface area contributed by atoms with Crippen LogP contribution in [0.2, 0.25) is 0 Å². The fourth-order valence-corrected chi connectivity index (χ4v) is 4.67. The first-order valence-electron chi connectivity index (χ1n) is 6.54. The summed E-state index contributed by atoms with van der Waals surface area (Å²) < 4.78 is 4.79. The molecule has 1 saturated carbocycles. The van der Waals surface area contributed by atoms with E-state index in [0.29, 0.717) is 11.2 Å². The van der Waals surface area contributed by atoms with E-state index in [1.807, 2.05) is 0 Å². The summed E-state index contributed by atoms with van der Waals surface area (Å²) >= 11 is 3.41. The molecular weight excluding hydrogens is 282 g/mol. The van der Waals surface area contributed by atoms with Gasteiger partial charge in [0, 0.05) is 16.9 Å². The fourth-order valence-electron chi connectivity index (χ4n) is 2.16. The summed E-state index contributed by atoms with van der Waals surface area (Å²) in [6.07, 6.45) is 4.46. The number of ether oxygens (including phenoxy) is 1. The van der Waals surface area contributed by atoms with Crippen LogP contribution < -0.4 is 0 Å². The Morgan fingerprint density at radius 2 is 2.32 bits per heavy atom. The molecule has 7 heteroatoms. The molecule has 2 aliphatic rings. The second kappa shape index (κ2) is 5.75. The van der Waals surface area contributed by atoms with Crippen molar-refractivity contribution in [2.24, 2.45) is 0 Å². The van der Waals surface area contributed by atoms with E-state index >= 15 is 0 Å². The average molecular weight is 299 g/mol. The molecule has 2 unspecified atom stereocenters. The maximum absolute atomic E-state index is 11.4. The minimum atomic E-state index is -0.0913. The standard InChI is InChI=1S/C12H17N3O2S2/c1-17-11(16)9-5-4-8(19-9)6-18-12-13-10(14-15-12)7-2-3-7/h7-9H,2-6H2,1H3,(H,13,14,15). The molecule has 19 heavy (non-hydrogen) atoms.